The maximum Gasteiger partial charge on any atom is 4.00 e. The average molecular weight is 177 g/mol. The Kier molecular flexibility index (Phi) is 187. The van der Waals surface area contributed by atoms with Crippen LogP contribution in [0.2, 0.25) is 0 Å². The van der Waals surface area contributed by atoms with Crippen molar-refractivity contribution in [3.05, 3.63) is 15.3 Å². The average Bonchev–Trinajstić information content (AvgIpc) is 0.811. The van der Waals surface area contributed by atoms with Crippen LogP contribution in [0.1, 0.15) is 0 Å². The Labute approximate surface area is 54.8 Å². The Morgan fingerprint density at radius 3 is 1.00 bits per heavy atom. The molecule has 0 heterocycles. The Bertz CT molecular complexity index is 31.5. The fourth-order valence-corrected chi connectivity index (χ4v) is 0. The van der Waals surface area contributed by atoms with Gasteiger partial charge in [0, 0.05) is 0 Å². The van der Waals surface area contributed by atoms with E-state index in [2.05, 4.69) is 0 Å². The molecule has 0 amide bonds. The van der Waals surface area contributed by atoms with Crippen molar-refractivity contribution >= 4 is 0 Å². The second-order valence-electron chi connectivity index (χ2n) is 0.224. The van der Waals surface area contributed by atoms with Crippen LogP contribution < -0.4 is 0 Å². The molecule has 0 unspecified atom stereocenters. The van der Waals surface area contributed by atoms with Crippen molar-refractivity contribution in [3.63, 3.8) is 0 Å². The molecule has 0 fully saturated rings. The number of nitrogens with zero attached hydrogens (tertiary/aromatic N) is 1. The van der Waals surface area contributed by atoms with Crippen molar-refractivity contribution in [1.29, 1.82) is 0 Å². The van der Waals surface area contributed by atoms with Gasteiger partial charge in [-0.3, -0.25) is 0 Å². The summed E-state index contributed by atoms with van der Waals surface area (Å²) in [4.78, 5) is 8.25. The van der Waals surface area contributed by atoms with Crippen molar-refractivity contribution in [2.75, 3.05) is 0 Å². The molecule has 3 N–H and O–H groups in total. The van der Waals surface area contributed by atoms with Gasteiger partial charge in [0.2, 0.25) is 0 Å². The molecule has 0 aliphatic rings. The van der Waals surface area contributed by atoms with E-state index in [-0.39, 0.29) is 33.5 Å². The van der Waals surface area contributed by atoms with Crippen LogP contribution in [-0.2, 0) is 17.1 Å². The van der Waals surface area contributed by atoms with Gasteiger partial charge in [-0.05, 0) is 0 Å². The van der Waals surface area contributed by atoms with Crippen LogP contribution in [0.15, 0.2) is 0 Å². The Hall–Kier alpha value is -0.401. The molecule has 8 heavy (non-hydrogen) atoms. The van der Waals surface area contributed by atoms with E-state index in [9.17, 15) is 0 Å². The van der Waals surface area contributed by atoms with Crippen LogP contribution in [0.3, 0.4) is 0 Å². The second-order valence-corrected chi connectivity index (χ2v) is 0.224. The van der Waals surface area contributed by atoms with Crippen LogP contribution in [0.4, 0.5) is 0 Å². The molecule has 0 aliphatic carbocycles. The molecule has 8 heteroatoms. The molecular formula is H3CuNO6. The smallest absolute Gasteiger partial charge is 0.870 e. The van der Waals surface area contributed by atoms with Gasteiger partial charge in [-0.25, -0.2) is 0 Å². The summed E-state index contributed by atoms with van der Waals surface area (Å²) in [6, 6.07) is 0. The summed E-state index contributed by atoms with van der Waals surface area (Å²) in [5.41, 5.74) is 0. The largest absolute Gasteiger partial charge is 4.00 e. The molecule has 7 nitrogen and oxygen atoms in total. The minimum atomic E-state index is -1.75. The summed E-state index contributed by atoms with van der Waals surface area (Å²) in [6.45, 7) is 0. The first-order chi connectivity index (χ1) is 1.73. The van der Waals surface area contributed by atoms with Crippen LogP contribution in [0, 0.1) is 15.3 Å². The standard InChI is InChI=1S/Cu.NO3.3H2O/c;2-1(3)4;;;/h;;3*1H2/q+4;-1;;;/p-3. The summed E-state index contributed by atoms with van der Waals surface area (Å²) in [7, 11) is 0. The van der Waals surface area contributed by atoms with Gasteiger partial charge in [0.15, 0.2) is 0 Å². The zero-order valence-corrected chi connectivity index (χ0v) is 4.26. The third-order valence-electron chi connectivity index (χ3n) is 0. The van der Waals surface area contributed by atoms with E-state index in [4.69, 9.17) is 15.3 Å². The van der Waals surface area contributed by atoms with Crippen LogP contribution in [-0.4, -0.2) is 21.5 Å². The number of hydrogen-bond acceptors (Lipinski definition) is 6. The molecule has 0 aromatic carbocycles. The van der Waals surface area contributed by atoms with E-state index in [1.165, 1.54) is 0 Å². The summed E-state index contributed by atoms with van der Waals surface area (Å²) >= 11 is 0. The molecule has 0 aromatic rings. The quantitative estimate of drug-likeness (QED) is 0.268. The van der Waals surface area contributed by atoms with E-state index < -0.39 is 5.09 Å². The van der Waals surface area contributed by atoms with Gasteiger partial charge in [0.05, 0.1) is 5.09 Å². The van der Waals surface area contributed by atoms with E-state index in [0.717, 1.165) is 0 Å². The second kappa shape index (κ2) is 30.6. The van der Waals surface area contributed by atoms with Gasteiger partial charge in [-0.1, -0.05) is 0 Å². The zero-order valence-electron chi connectivity index (χ0n) is 3.32. The van der Waals surface area contributed by atoms with Crippen LogP contribution in [0.5, 0.6) is 0 Å². The fraction of sp³-hybridized carbons (Fsp3) is 0. The van der Waals surface area contributed by atoms with Gasteiger partial charge in [-0.2, -0.15) is 0 Å². The Morgan fingerprint density at radius 1 is 1.00 bits per heavy atom. The topological polar surface area (TPSA) is 156 Å². The molecule has 0 aliphatic heterocycles. The molecule has 0 saturated heterocycles. The normalized spacial score (nSPS) is 3.00. The predicted octanol–water partition coefficient (Wildman–Crippen LogP) is -0.772. The van der Waals surface area contributed by atoms with E-state index in [0.29, 0.717) is 0 Å². The Morgan fingerprint density at radius 2 is 1.00 bits per heavy atom. The van der Waals surface area contributed by atoms with Gasteiger partial charge >= 0.3 is 17.1 Å². The summed E-state index contributed by atoms with van der Waals surface area (Å²) in [5, 5.41) is 14.8. The van der Waals surface area contributed by atoms with Gasteiger partial charge < -0.3 is 31.8 Å². The van der Waals surface area contributed by atoms with Crippen molar-refractivity contribution in [2.24, 2.45) is 0 Å². The van der Waals surface area contributed by atoms with Gasteiger partial charge in [0.1, 0.15) is 0 Å². The van der Waals surface area contributed by atoms with Crippen molar-refractivity contribution < 1.29 is 38.6 Å². The maximum atomic E-state index is 8.25. The summed E-state index contributed by atoms with van der Waals surface area (Å²) in [6.07, 6.45) is 0. The van der Waals surface area contributed by atoms with Crippen LogP contribution in [0.25, 0.3) is 0 Å². The van der Waals surface area contributed by atoms with E-state index >= 15 is 0 Å². The first kappa shape index (κ1) is 49.0. The molecule has 0 spiro atoms. The number of rotatable bonds is 0. The van der Waals surface area contributed by atoms with Crippen molar-refractivity contribution in [3.8, 4) is 0 Å². The molecule has 0 bridgehead atoms. The van der Waals surface area contributed by atoms with Crippen molar-refractivity contribution in [1.82, 2.24) is 0 Å². The van der Waals surface area contributed by atoms with Crippen molar-refractivity contribution in [2.45, 2.75) is 0 Å². The van der Waals surface area contributed by atoms with Crippen LogP contribution >= 0.6 is 0 Å². The summed E-state index contributed by atoms with van der Waals surface area (Å²) in [5.74, 6) is 0. The fourth-order valence-electron chi connectivity index (χ4n) is 0. The predicted molar refractivity (Wildman–Crippen MR) is 16.2 cm³/mol. The molecule has 55 valence electrons. The maximum absolute atomic E-state index is 8.25. The minimum absolute atomic E-state index is 0. The zero-order chi connectivity index (χ0) is 3.58. The molecule has 0 saturated carbocycles. The van der Waals surface area contributed by atoms with E-state index in [1.54, 1.807) is 0 Å². The number of hydrogen-bond donors (Lipinski definition) is 0. The third kappa shape index (κ3) is 738. The summed E-state index contributed by atoms with van der Waals surface area (Å²) < 4.78 is 0. The van der Waals surface area contributed by atoms with E-state index in [1.807, 2.05) is 0 Å². The molecule has 0 rings (SSSR count). The SMILES string of the molecule is O=[N+]([O-])[O-].[Cu+4].[OH-].[OH-].[OH-]. The Balaban J connectivity index is -0.00000000750. The first-order valence-electron chi connectivity index (χ1n) is 0.548. The van der Waals surface area contributed by atoms with Gasteiger partial charge in [-0.15, -0.1) is 0 Å². The first-order valence-corrected chi connectivity index (χ1v) is 0.548. The molecule has 0 aromatic heterocycles. The third-order valence-corrected chi connectivity index (χ3v) is 0. The molecule has 0 atom stereocenters. The molecular weight excluding hydrogens is 174 g/mol. The van der Waals surface area contributed by atoms with Gasteiger partial charge in [0.25, 0.3) is 0 Å². The monoisotopic (exact) mass is 176 g/mol. The minimum Gasteiger partial charge on any atom is -0.870 e. The molecule has 1 radical (unpaired) electrons.